The van der Waals surface area contributed by atoms with E-state index in [-0.39, 0.29) is 18.0 Å². The van der Waals surface area contributed by atoms with Crippen molar-refractivity contribution in [1.82, 2.24) is 9.55 Å². The minimum atomic E-state index is -0.152. The average Bonchev–Trinajstić information content (AvgIpc) is 2.65. The van der Waals surface area contributed by atoms with Crippen LogP contribution in [-0.2, 0) is 11.3 Å². The summed E-state index contributed by atoms with van der Waals surface area (Å²) < 4.78 is 1.63. The van der Waals surface area contributed by atoms with Gasteiger partial charge in [-0.05, 0) is 35.9 Å². The second-order valence-corrected chi connectivity index (χ2v) is 6.54. The number of benzene rings is 1. The SMILES string of the molecule is CN(CC(=O)Nc1ccc(Cn2ccccc2=O)cc1)c1ccc(Cl)cn1. The van der Waals surface area contributed by atoms with E-state index in [0.29, 0.717) is 23.1 Å². The van der Waals surface area contributed by atoms with Crippen molar-refractivity contribution in [3.63, 3.8) is 0 Å². The Hall–Kier alpha value is -3.12. The van der Waals surface area contributed by atoms with Crippen LogP contribution in [0.2, 0.25) is 5.02 Å². The highest BCUT2D eigenvalue weighted by atomic mass is 35.5. The number of carbonyl (C=O) groups excluding carboxylic acids is 1. The molecule has 3 aromatic rings. The van der Waals surface area contributed by atoms with E-state index >= 15 is 0 Å². The number of halogens is 1. The summed E-state index contributed by atoms with van der Waals surface area (Å²) in [5.74, 6) is 0.513. The number of hydrogen-bond acceptors (Lipinski definition) is 4. The van der Waals surface area contributed by atoms with Crippen LogP contribution in [0, 0.1) is 0 Å². The topological polar surface area (TPSA) is 67.2 Å². The molecule has 7 heteroatoms. The monoisotopic (exact) mass is 382 g/mol. The second kappa shape index (κ2) is 8.51. The number of pyridine rings is 2. The van der Waals surface area contributed by atoms with Crippen LogP contribution < -0.4 is 15.8 Å². The Morgan fingerprint density at radius 1 is 1.15 bits per heavy atom. The van der Waals surface area contributed by atoms with Crippen LogP contribution in [0.1, 0.15) is 5.56 Å². The summed E-state index contributed by atoms with van der Waals surface area (Å²) in [6, 6.07) is 16.0. The lowest BCUT2D eigenvalue weighted by Gasteiger charge is -2.17. The van der Waals surface area contributed by atoms with Gasteiger partial charge in [-0.1, -0.05) is 29.8 Å². The van der Waals surface area contributed by atoms with Crippen LogP contribution >= 0.6 is 11.6 Å². The Bertz CT molecular complexity index is 968. The van der Waals surface area contributed by atoms with Crippen LogP contribution in [0.25, 0.3) is 0 Å². The molecule has 0 aliphatic heterocycles. The van der Waals surface area contributed by atoms with Crippen LogP contribution in [0.5, 0.6) is 0 Å². The molecule has 0 saturated carbocycles. The highest BCUT2D eigenvalue weighted by molar-refractivity contribution is 6.30. The molecule has 0 spiro atoms. The van der Waals surface area contributed by atoms with E-state index in [0.717, 1.165) is 5.56 Å². The molecule has 0 aliphatic rings. The van der Waals surface area contributed by atoms with Gasteiger partial charge in [0.15, 0.2) is 0 Å². The molecule has 0 bridgehead atoms. The van der Waals surface area contributed by atoms with Crippen molar-refractivity contribution in [1.29, 1.82) is 0 Å². The maximum absolute atomic E-state index is 12.2. The summed E-state index contributed by atoms with van der Waals surface area (Å²) in [4.78, 5) is 29.9. The quantitative estimate of drug-likeness (QED) is 0.711. The normalized spacial score (nSPS) is 10.4. The molecule has 0 unspecified atom stereocenters. The van der Waals surface area contributed by atoms with Gasteiger partial charge in [-0.3, -0.25) is 9.59 Å². The number of carbonyl (C=O) groups is 1. The molecule has 2 aromatic heterocycles. The minimum Gasteiger partial charge on any atom is -0.350 e. The van der Waals surface area contributed by atoms with Gasteiger partial charge < -0.3 is 14.8 Å². The van der Waals surface area contributed by atoms with Crippen LogP contribution in [0.4, 0.5) is 11.5 Å². The molecule has 6 nitrogen and oxygen atoms in total. The van der Waals surface area contributed by atoms with Gasteiger partial charge in [-0.15, -0.1) is 0 Å². The molecule has 27 heavy (non-hydrogen) atoms. The second-order valence-electron chi connectivity index (χ2n) is 6.10. The first-order valence-corrected chi connectivity index (χ1v) is 8.76. The Morgan fingerprint density at radius 3 is 2.59 bits per heavy atom. The highest BCUT2D eigenvalue weighted by Gasteiger charge is 2.09. The number of hydrogen-bond donors (Lipinski definition) is 1. The molecule has 0 radical (unpaired) electrons. The molecule has 0 atom stereocenters. The van der Waals surface area contributed by atoms with Gasteiger partial charge in [0, 0.05) is 31.2 Å². The van der Waals surface area contributed by atoms with Crippen molar-refractivity contribution < 1.29 is 4.79 Å². The van der Waals surface area contributed by atoms with E-state index in [1.165, 1.54) is 6.07 Å². The number of amides is 1. The van der Waals surface area contributed by atoms with Gasteiger partial charge >= 0.3 is 0 Å². The average molecular weight is 383 g/mol. The molecule has 0 aliphatic carbocycles. The number of nitrogens with zero attached hydrogens (tertiary/aromatic N) is 3. The van der Waals surface area contributed by atoms with Crippen LogP contribution in [-0.4, -0.2) is 29.1 Å². The van der Waals surface area contributed by atoms with Crippen molar-refractivity contribution in [3.8, 4) is 0 Å². The fourth-order valence-corrected chi connectivity index (χ4v) is 2.68. The third-order valence-corrected chi connectivity index (χ3v) is 4.20. The summed E-state index contributed by atoms with van der Waals surface area (Å²) >= 11 is 5.82. The van der Waals surface area contributed by atoms with Gasteiger partial charge in [0.2, 0.25) is 5.91 Å². The van der Waals surface area contributed by atoms with Crippen molar-refractivity contribution in [2.75, 3.05) is 23.8 Å². The lowest BCUT2D eigenvalue weighted by Crippen LogP contribution is -2.30. The van der Waals surface area contributed by atoms with Gasteiger partial charge in [0.05, 0.1) is 18.1 Å². The summed E-state index contributed by atoms with van der Waals surface area (Å²) in [6.45, 7) is 0.647. The van der Waals surface area contributed by atoms with Crippen LogP contribution in [0.15, 0.2) is 71.8 Å². The van der Waals surface area contributed by atoms with Gasteiger partial charge in [0.1, 0.15) is 5.82 Å². The first-order chi connectivity index (χ1) is 13.0. The number of anilines is 2. The third-order valence-electron chi connectivity index (χ3n) is 3.97. The molecular weight excluding hydrogens is 364 g/mol. The number of aromatic nitrogens is 2. The standard InChI is InChI=1S/C20H19ClN4O2/c1-24(18-10-7-16(21)12-22-18)14-19(26)23-17-8-5-15(6-9-17)13-25-11-3-2-4-20(25)27/h2-12H,13-14H2,1H3,(H,23,26). The van der Waals surface area contributed by atoms with Crippen LogP contribution in [0.3, 0.4) is 0 Å². The van der Waals surface area contributed by atoms with E-state index in [2.05, 4.69) is 10.3 Å². The van der Waals surface area contributed by atoms with E-state index in [1.807, 2.05) is 30.3 Å². The van der Waals surface area contributed by atoms with Gasteiger partial charge in [-0.25, -0.2) is 4.98 Å². The largest absolute Gasteiger partial charge is 0.350 e. The maximum atomic E-state index is 12.2. The predicted octanol–water partition coefficient (Wildman–Crippen LogP) is 3.02. The molecule has 0 saturated heterocycles. The van der Waals surface area contributed by atoms with Crippen molar-refractivity contribution in [2.24, 2.45) is 0 Å². The molecule has 1 N–H and O–H groups in total. The van der Waals surface area contributed by atoms with E-state index in [4.69, 9.17) is 11.6 Å². The fraction of sp³-hybridized carbons (Fsp3) is 0.150. The summed E-state index contributed by atoms with van der Waals surface area (Å²) in [7, 11) is 1.79. The number of nitrogens with one attached hydrogen (secondary N) is 1. The molecule has 0 fully saturated rings. The van der Waals surface area contributed by atoms with E-state index in [1.54, 1.807) is 47.1 Å². The Kier molecular flexibility index (Phi) is 5.88. The lowest BCUT2D eigenvalue weighted by molar-refractivity contribution is -0.114. The zero-order valence-corrected chi connectivity index (χ0v) is 15.6. The Labute approximate surface area is 162 Å². The van der Waals surface area contributed by atoms with E-state index in [9.17, 15) is 9.59 Å². The first kappa shape index (κ1) is 18.7. The Morgan fingerprint density at radius 2 is 1.93 bits per heavy atom. The lowest BCUT2D eigenvalue weighted by atomic mass is 10.2. The fourth-order valence-electron chi connectivity index (χ4n) is 2.57. The smallest absolute Gasteiger partial charge is 0.250 e. The van der Waals surface area contributed by atoms with Gasteiger partial charge in [-0.2, -0.15) is 0 Å². The molecule has 1 amide bonds. The predicted molar refractivity (Wildman–Crippen MR) is 107 cm³/mol. The summed E-state index contributed by atoms with van der Waals surface area (Å²) in [6.07, 6.45) is 3.29. The summed E-state index contributed by atoms with van der Waals surface area (Å²) in [5.41, 5.74) is 1.62. The van der Waals surface area contributed by atoms with Gasteiger partial charge in [0.25, 0.3) is 5.56 Å². The maximum Gasteiger partial charge on any atom is 0.250 e. The summed E-state index contributed by atoms with van der Waals surface area (Å²) in [5, 5.41) is 3.40. The van der Waals surface area contributed by atoms with Crippen molar-refractivity contribution in [2.45, 2.75) is 6.54 Å². The third kappa shape index (κ3) is 5.18. The first-order valence-electron chi connectivity index (χ1n) is 8.38. The number of likely N-dealkylation sites (N-methyl/N-ethyl adjacent to an activating group) is 1. The Balaban J connectivity index is 1.57. The molecule has 1 aromatic carbocycles. The zero-order valence-electron chi connectivity index (χ0n) is 14.8. The number of rotatable bonds is 6. The van der Waals surface area contributed by atoms with E-state index < -0.39 is 0 Å². The zero-order chi connectivity index (χ0) is 19.2. The molecule has 3 rings (SSSR count). The molecule has 138 valence electrons. The molecule has 2 heterocycles. The highest BCUT2D eigenvalue weighted by Crippen LogP contribution is 2.14. The minimum absolute atomic E-state index is 0.0475. The molecular formula is C20H19ClN4O2. The van der Waals surface area contributed by atoms with Crippen molar-refractivity contribution in [3.05, 3.63) is 87.9 Å². The van der Waals surface area contributed by atoms with Crippen molar-refractivity contribution >= 4 is 29.0 Å².